The van der Waals surface area contributed by atoms with E-state index in [4.69, 9.17) is 0 Å². The van der Waals surface area contributed by atoms with E-state index in [2.05, 4.69) is 10.6 Å². The van der Waals surface area contributed by atoms with Crippen LogP contribution in [0.5, 0.6) is 0 Å². The standard InChI is InChI=1S/C19H21FN2O2.ClH/c1-12(22-19(24)18-10-15(23)11-21-18)13-6-8-14(9-7-13)16-4-2-3-5-17(16)20;/h2-9,12,15,18,21,23H,10-11H2,1H3,(H,22,24);1H/t12-,15+,18-;/m0./s1. The van der Waals surface area contributed by atoms with Gasteiger partial charge in [-0.3, -0.25) is 4.79 Å². The van der Waals surface area contributed by atoms with E-state index in [1.54, 1.807) is 18.2 Å². The molecule has 1 aliphatic heterocycles. The molecule has 3 N–H and O–H groups in total. The largest absolute Gasteiger partial charge is 0.392 e. The minimum Gasteiger partial charge on any atom is -0.392 e. The number of hydrogen-bond acceptors (Lipinski definition) is 3. The highest BCUT2D eigenvalue weighted by atomic mass is 35.5. The van der Waals surface area contributed by atoms with Gasteiger partial charge in [0.15, 0.2) is 0 Å². The van der Waals surface area contributed by atoms with Crippen molar-refractivity contribution in [2.75, 3.05) is 6.54 Å². The third-order valence-electron chi connectivity index (χ3n) is 4.38. The average Bonchev–Trinajstić information content (AvgIpc) is 3.02. The number of aliphatic hydroxyl groups excluding tert-OH is 1. The number of carbonyl (C=O) groups excluding carboxylic acids is 1. The molecular weight excluding hydrogens is 343 g/mol. The first kappa shape index (κ1) is 19.4. The summed E-state index contributed by atoms with van der Waals surface area (Å²) in [7, 11) is 0. The Balaban J connectivity index is 0.00000225. The van der Waals surface area contributed by atoms with Gasteiger partial charge in [-0.05, 0) is 30.5 Å². The molecule has 0 unspecified atom stereocenters. The maximum absolute atomic E-state index is 13.8. The van der Waals surface area contributed by atoms with Crippen molar-refractivity contribution in [3.05, 3.63) is 59.9 Å². The van der Waals surface area contributed by atoms with Crippen molar-refractivity contribution in [3.63, 3.8) is 0 Å². The summed E-state index contributed by atoms with van der Waals surface area (Å²) in [4.78, 5) is 12.2. The Kier molecular flexibility index (Phi) is 6.53. The molecule has 1 fully saturated rings. The van der Waals surface area contributed by atoms with Crippen LogP contribution in [0.2, 0.25) is 0 Å². The highest BCUT2D eigenvalue weighted by molar-refractivity contribution is 5.85. The Labute approximate surface area is 152 Å². The van der Waals surface area contributed by atoms with Crippen LogP contribution in [0, 0.1) is 5.82 Å². The van der Waals surface area contributed by atoms with Crippen LogP contribution in [0.15, 0.2) is 48.5 Å². The monoisotopic (exact) mass is 364 g/mol. The summed E-state index contributed by atoms with van der Waals surface area (Å²) in [5.74, 6) is -0.366. The number of carbonyl (C=O) groups is 1. The molecule has 0 saturated carbocycles. The third kappa shape index (κ3) is 4.57. The first-order valence-electron chi connectivity index (χ1n) is 8.11. The van der Waals surface area contributed by atoms with Gasteiger partial charge in [-0.25, -0.2) is 4.39 Å². The lowest BCUT2D eigenvalue weighted by atomic mass is 10.0. The predicted molar refractivity (Wildman–Crippen MR) is 98.1 cm³/mol. The number of amides is 1. The number of hydrogen-bond donors (Lipinski definition) is 3. The number of β-amino-alcohol motifs (C(OH)–C–C–N with tert-alkyl or cyclic N) is 1. The van der Waals surface area contributed by atoms with Crippen LogP contribution in [-0.4, -0.2) is 29.7 Å². The summed E-state index contributed by atoms with van der Waals surface area (Å²) in [6.45, 7) is 2.35. The van der Waals surface area contributed by atoms with E-state index in [9.17, 15) is 14.3 Å². The summed E-state index contributed by atoms with van der Waals surface area (Å²) >= 11 is 0. The molecule has 3 rings (SSSR count). The van der Waals surface area contributed by atoms with E-state index in [0.29, 0.717) is 18.5 Å². The van der Waals surface area contributed by atoms with Crippen LogP contribution in [0.25, 0.3) is 11.1 Å². The van der Waals surface area contributed by atoms with Gasteiger partial charge < -0.3 is 15.7 Å². The zero-order valence-corrected chi connectivity index (χ0v) is 14.7. The van der Waals surface area contributed by atoms with E-state index < -0.39 is 6.10 Å². The molecule has 0 spiro atoms. The normalized spacial score (nSPS) is 20.6. The minimum atomic E-state index is -0.462. The van der Waals surface area contributed by atoms with Crippen LogP contribution in [-0.2, 0) is 4.79 Å². The van der Waals surface area contributed by atoms with Crippen molar-refractivity contribution in [2.45, 2.75) is 31.5 Å². The van der Waals surface area contributed by atoms with E-state index in [-0.39, 0.29) is 36.2 Å². The Morgan fingerprint density at radius 1 is 1.24 bits per heavy atom. The molecule has 0 radical (unpaired) electrons. The molecule has 0 aromatic heterocycles. The van der Waals surface area contributed by atoms with Gasteiger partial charge in [0.25, 0.3) is 0 Å². The fourth-order valence-electron chi connectivity index (χ4n) is 2.96. The quantitative estimate of drug-likeness (QED) is 0.781. The molecule has 0 aliphatic carbocycles. The van der Waals surface area contributed by atoms with Gasteiger partial charge in [-0.15, -0.1) is 12.4 Å². The van der Waals surface area contributed by atoms with Gasteiger partial charge in [-0.2, -0.15) is 0 Å². The van der Waals surface area contributed by atoms with Crippen molar-refractivity contribution in [3.8, 4) is 11.1 Å². The zero-order valence-electron chi connectivity index (χ0n) is 13.9. The number of nitrogens with one attached hydrogen (secondary N) is 2. The zero-order chi connectivity index (χ0) is 17.1. The van der Waals surface area contributed by atoms with E-state index >= 15 is 0 Å². The van der Waals surface area contributed by atoms with Gasteiger partial charge in [-0.1, -0.05) is 42.5 Å². The Bertz CT molecular complexity index is 724. The summed E-state index contributed by atoms with van der Waals surface area (Å²) in [5, 5.41) is 15.4. The highest BCUT2D eigenvalue weighted by Crippen LogP contribution is 2.24. The second kappa shape index (κ2) is 8.43. The van der Waals surface area contributed by atoms with E-state index in [0.717, 1.165) is 11.1 Å². The first-order valence-corrected chi connectivity index (χ1v) is 8.11. The second-order valence-corrected chi connectivity index (χ2v) is 6.18. The molecular formula is C19H22ClFN2O2. The minimum absolute atomic E-state index is 0. The fraction of sp³-hybridized carbons (Fsp3) is 0.316. The van der Waals surface area contributed by atoms with Crippen LogP contribution in [0.1, 0.15) is 24.9 Å². The Morgan fingerprint density at radius 3 is 2.52 bits per heavy atom. The first-order chi connectivity index (χ1) is 11.5. The van der Waals surface area contributed by atoms with Crippen molar-refractivity contribution >= 4 is 18.3 Å². The molecule has 0 bridgehead atoms. The lowest BCUT2D eigenvalue weighted by Crippen LogP contribution is -2.41. The predicted octanol–water partition coefficient (Wildman–Crippen LogP) is 2.81. The molecule has 1 saturated heterocycles. The van der Waals surface area contributed by atoms with Crippen molar-refractivity contribution in [1.29, 1.82) is 0 Å². The number of halogens is 2. The van der Waals surface area contributed by atoms with Crippen molar-refractivity contribution in [2.24, 2.45) is 0 Å². The molecule has 1 aliphatic rings. The Morgan fingerprint density at radius 2 is 1.92 bits per heavy atom. The van der Waals surface area contributed by atoms with Gasteiger partial charge in [0.1, 0.15) is 5.82 Å². The van der Waals surface area contributed by atoms with Crippen LogP contribution >= 0.6 is 12.4 Å². The summed E-state index contributed by atoms with van der Waals surface area (Å²) < 4.78 is 13.8. The molecule has 1 heterocycles. The van der Waals surface area contributed by atoms with Gasteiger partial charge in [0, 0.05) is 12.1 Å². The molecule has 4 nitrogen and oxygen atoms in total. The lowest BCUT2D eigenvalue weighted by Gasteiger charge is -2.18. The third-order valence-corrected chi connectivity index (χ3v) is 4.38. The molecule has 25 heavy (non-hydrogen) atoms. The van der Waals surface area contributed by atoms with Gasteiger partial charge >= 0.3 is 0 Å². The maximum Gasteiger partial charge on any atom is 0.237 e. The summed E-state index contributed by atoms with van der Waals surface area (Å²) in [6, 6.07) is 13.6. The van der Waals surface area contributed by atoms with Crippen LogP contribution < -0.4 is 10.6 Å². The summed E-state index contributed by atoms with van der Waals surface area (Å²) in [6.07, 6.45) is -0.0266. The van der Waals surface area contributed by atoms with E-state index in [1.807, 2.05) is 31.2 Å². The summed E-state index contributed by atoms with van der Waals surface area (Å²) in [5.41, 5.74) is 2.31. The number of benzene rings is 2. The molecule has 3 atom stereocenters. The SMILES string of the molecule is C[C@H](NC(=O)[C@@H]1C[C@@H](O)CN1)c1ccc(-c2ccccc2F)cc1.Cl. The van der Waals surface area contributed by atoms with Crippen molar-refractivity contribution < 1.29 is 14.3 Å². The van der Waals surface area contributed by atoms with Crippen LogP contribution in [0.4, 0.5) is 4.39 Å². The fourth-order valence-corrected chi connectivity index (χ4v) is 2.96. The van der Waals surface area contributed by atoms with Gasteiger partial charge in [0.2, 0.25) is 5.91 Å². The van der Waals surface area contributed by atoms with Crippen LogP contribution in [0.3, 0.4) is 0 Å². The molecule has 2 aromatic carbocycles. The average molecular weight is 365 g/mol. The van der Waals surface area contributed by atoms with Crippen molar-refractivity contribution in [1.82, 2.24) is 10.6 Å². The lowest BCUT2D eigenvalue weighted by molar-refractivity contribution is -0.123. The molecule has 134 valence electrons. The van der Waals surface area contributed by atoms with Gasteiger partial charge in [0.05, 0.1) is 18.2 Å². The molecule has 6 heteroatoms. The maximum atomic E-state index is 13.8. The number of rotatable bonds is 4. The topological polar surface area (TPSA) is 61.4 Å². The highest BCUT2D eigenvalue weighted by Gasteiger charge is 2.28. The van der Waals surface area contributed by atoms with E-state index in [1.165, 1.54) is 6.07 Å². The number of aliphatic hydroxyl groups is 1. The smallest absolute Gasteiger partial charge is 0.237 e. The Hall–Kier alpha value is -1.95. The second-order valence-electron chi connectivity index (χ2n) is 6.18. The molecule has 1 amide bonds. The molecule has 2 aromatic rings.